The van der Waals surface area contributed by atoms with Crippen LogP contribution in [0, 0.1) is 5.82 Å². The number of nitrogens with zero attached hydrogens (tertiary/aromatic N) is 1. The van der Waals surface area contributed by atoms with Crippen LogP contribution in [-0.2, 0) is 11.3 Å². The second-order valence-corrected chi connectivity index (χ2v) is 6.19. The predicted molar refractivity (Wildman–Crippen MR) is 96.3 cm³/mol. The maximum atomic E-state index is 12.9. The Labute approximate surface area is 155 Å². The molecule has 0 bridgehead atoms. The van der Waals surface area contributed by atoms with E-state index in [1.165, 1.54) is 29.2 Å². The van der Waals surface area contributed by atoms with Gasteiger partial charge in [0.1, 0.15) is 5.82 Å². The lowest BCUT2D eigenvalue weighted by Gasteiger charge is -2.21. The fourth-order valence-corrected chi connectivity index (χ4v) is 2.68. The average molecular weight is 383 g/mol. The number of likely N-dealkylation sites (N-methyl/N-ethyl adjacent to an activating group) is 1. The first-order chi connectivity index (χ1) is 11.9. The van der Waals surface area contributed by atoms with Gasteiger partial charge in [-0.05, 0) is 42.8 Å². The number of carbonyl (C=O) groups excluding carboxylic acids is 2. The van der Waals surface area contributed by atoms with Crippen molar-refractivity contribution in [2.45, 2.75) is 13.5 Å². The van der Waals surface area contributed by atoms with E-state index in [9.17, 15) is 14.0 Å². The number of hydrogen-bond acceptors (Lipinski definition) is 2. The molecule has 0 aliphatic heterocycles. The highest BCUT2D eigenvalue weighted by Crippen LogP contribution is 2.22. The van der Waals surface area contributed by atoms with E-state index >= 15 is 0 Å². The molecule has 2 amide bonds. The summed E-state index contributed by atoms with van der Waals surface area (Å²) < 4.78 is 12.9. The SMILES string of the molecule is CCN(CC(=O)NCc1ccc(F)cc1)C(=O)c1ccc(Cl)cc1Cl. The van der Waals surface area contributed by atoms with Gasteiger partial charge in [0.15, 0.2) is 0 Å². The molecule has 25 heavy (non-hydrogen) atoms. The molecule has 0 heterocycles. The van der Waals surface area contributed by atoms with Gasteiger partial charge in [0.25, 0.3) is 5.91 Å². The largest absolute Gasteiger partial charge is 0.350 e. The van der Waals surface area contributed by atoms with Crippen LogP contribution in [0.5, 0.6) is 0 Å². The van der Waals surface area contributed by atoms with Gasteiger partial charge in [-0.3, -0.25) is 9.59 Å². The average Bonchev–Trinajstić information content (AvgIpc) is 2.58. The summed E-state index contributed by atoms with van der Waals surface area (Å²) in [5.41, 5.74) is 1.06. The van der Waals surface area contributed by atoms with Crippen LogP contribution in [0.2, 0.25) is 10.0 Å². The molecule has 4 nitrogen and oxygen atoms in total. The van der Waals surface area contributed by atoms with Gasteiger partial charge in [0, 0.05) is 18.1 Å². The highest BCUT2D eigenvalue weighted by molar-refractivity contribution is 6.36. The number of rotatable bonds is 6. The van der Waals surface area contributed by atoms with Crippen LogP contribution in [0.4, 0.5) is 4.39 Å². The first-order valence-electron chi connectivity index (χ1n) is 7.66. The van der Waals surface area contributed by atoms with Crippen molar-refractivity contribution in [3.05, 3.63) is 69.5 Å². The van der Waals surface area contributed by atoms with Gasteiger partial charge in [0.2, 0.25) is 5.91 Å². The summed E-state index contributed by atoms with van der Waals surface area (Å²) in [5.74, 6) is -0.997. The molecule has 0 fully saturated rings. The zero-order chi connectivity index (χ0) is 18.4. The molecule has 132 valence electrons. The monoisotopic (exact) mass is 382 g/mol. The van der Waals surface area contributed by atoms with Crippen molar-refractivity contribution in [1.29, 1.82) is 0 Å². The summed E-state index contributed by atoms with van der Waals surface area (Å²) in [5, 5.41) is 3.37. The molecule has 0 atom stereocenters. The van der Waals surface area contributed by atoms with Crippen LogP contribution < -0.4 is 5.32 Å². The normalized spacial score (nSPS) is 10.4. The number of amides is 2. The number of nitrogens with one attached hydrogen (secondary N) is 1. The molecule has 0 unspecified atom stereocenters. The Morgan fingerprint density at radius 1 is 1.12 bits per heavy atom. The van der Waals surface area contributed by atoms with Crippen LogP contribution in [0.3, 0.4) is 0 Å². The Morgan fingerprint density at radius 2 is 1.80 bits per heavy atom. The summed E-state index contributed by atoms with van der Waals surface area (Å²) >= 11 is 11.9. The van der Waals surface area contributed by atoms with E-state index in [-0.39, 0.29) is 35.7 Å². The zero-order valence-corrected chi connectivity index (χ0v) is 15.1. The van der Waals surface area contributed by atoms with Crippen LogP contribution in [0.1, 0.15) is 22.8 Å². The minimum absolute atomic E-state index is 0.102. The predicted octanol–water partition coefficient (Wildman–Crippen LogP) is 3.91. The maximum Gasteiger partial charge on any atom is 0.255 e. The van der Waals surface area contributed by atoms with Crippen LogP contribution in [-0.4, -0.2) is 29.8 Å². The number of halogens is 3. The molecule has 0 aliphatic rings. The van der Waals surface area contributed by atoms with E-state index in [4.69, 9.17) is 23.2 Å². The molecule has 1 N–H and O–H groups in total. The highest BCUT2D eigenvalue weighted by Gasteiger charge is 2.19. The van der Waals surface area contributed by atoms with Gasteiger partial charge in [0.05, 0.1) is 17.1 Å². The second kappa shape index (κ2) is 8.83. The van der Waals surface area contributed by atoms with Gasteiger partial charge >= 0.3 is 0 Å². The highest BCUT2D eigenvalue weighted by atomic mass is 35.5. The van der Waals surface area contributed by atoms with E-state index in [1.807, 2.05) is 0 Å². The Hall–Kier alpha value is -2.11. The number of carbonyl (C=O) groups is 2. The third-order valence-electron chi connectivity index (χ3n) is 3.57. The van der Waals surface area contributed by atoms with Crippen molar-refractivity contribution in [3.63, 3.8) is 0 Å². The molecule has 0 aromatic heterocycles. The zero-order valence-electron chi connectivity index (χ0n) is 13.6. The van der Waals surface area contributed by atoms with Crippen molar-refractivity contribution in [3.8, 4) is 0 Å². The Kier molecular flexibility index (Phi) is 6.79. The summed E-state index contributed by atoms with van der Waals surface area (Å²) in [7, 11) is 0. The fourth-order valence-electron chi connectivity index (χ4n) is 2.19. The molecule has 2 aromatic rings. The van der Waals surface area contributed by atoms with Crippen molar-refractivity contribution in [2.24, 2.45) is 0 Å². The summed E-state index contributed by atoms with van der Waals surface area (Å²) in [6, 6.07) is 10.4. The van der Waals surface area contributed by atoms with Crippen molar-refractivity contribution in [1.82, 2.24) is 10.2 Å². The standard InChI is InChI=1S/C18H17Cl2FN2O2/c1-2-23(18(25)15-8-5-13(19)9-16(15)20)11-17(24)22-10-12-3-6-14(21)7-4-12/h3-9H,2,10-11H2,1H3,(H,22,24). The molecular weight excluding hydrogens is 366 g/mol. The third-order valence-corrected chi connectivity index (χ3v) is 4.12. The van der Waals surface area contributed by atoms with E-state index in [2.05, 4.69) is 5.32 Å². The van der Waals surface area contributed by atoms with E-state index in [0.29, 0.717) is 17.1 Å². The van der Waals surface area contributed by atoms with E-state index in [1.54, 1.807) is 25.1 Å². The summed E-state index contributed by atoms with van der Waals surface area (Å²) in [4.78, 5) is 26.0. The fraction of sp³-hybridized carbons (Fsp3) is 0.222. The third kappa shape index (κ3) is 5.44. The summed E-state index contributed by atoms with van der Waals surface area (Å²) in [6.07, 6.45) is 0. The van der Waals surface area contributed by atoms with Crippen molar-refractivity contribution < 1.29 is 14.0 Å². The molecule has 7 heteroatoms. The van der Waals surface area contributed by atoms with Crippen LogP contribution >= 0.6 is 23.2 Å². The van der Waals surface area contributed by atoms with Gasteiger partial charge in [-0.25, -0.2) is 4.39 Å². The molecule has 2 rings (SSSR count). The Balaban J connectivity index is 1.96. The molecule has 0 spiro atoms. The molecule has 0 saturated carbocycles. The quantitative estimate of drug-likeness (QED) is 0.822. The molecule has 0 aliphatic carbocycles. The topological polar surface area (TPSA) is 49.4 Å². The van der Waals surface area contributed by atoms with Crippen molar-refractivity contribution in [2.75, 3.05) is 13.1 Å². The Bertz CT molecular complexity index is 766. The Morgan fingerprint density at radius 3 is 2.40 bits per heavy atom. The van der Waals surface area contributed by atoms with E-state index in [0.717, 1.165) is 5.56 Å². The number of hydrogen-bond donors (Lipinski definition) is 1. The molecule has 0 radical (unpaired) electrons. The molecule has 0 saturated heterocycles. The maximum absolute atomic E-state index is 12.9. The lowest BCUT2D eigenvalue weighted by molar-refractivity contribution is -0.121. The number of benzene rings is 2. The van der Waals surface area contributed by atoms with Crippen molar-refractivity contribution >= 4 is 35.0 Å². The minimum atomic E-state index is -0.346. The first kappa shape index (κ1) is 19.2. The van der Waals surface area contributed by atoms with Gasteiger partial charge < -0.3 is 10.2 Å². The first-order valence-corrected chi connectivity index (χ1v) is 8.41. The lowest BCUT2D eigenvalue weighted by atomic mass is 10.2. The van der Waals surface area contributed by atoms with E-state index < -0.39 is 0 Å². The van der Waals surface area contributed by atoms with Gasteiger partial charge in [-0.2, -0.15) is 0 Å². The molecular formula is C18H17Cl2FN2O2. The van der Waals surface area contributed by atoms with Crippen LogP contribution in [0.15, 0.2) is 42.5 Å². The van der Waals surface area contributed by atoms with Gasteiger partial charge in [-0.1, -0.05) is 35.3 Å². The molecule has 2 aromatic carbocycles. The minimum Gasteiger partial charge on any atom is -0.350 e. The van der Waals surface area contributed by atoms with Gasteiger partial charge in [-0.15, -0.1) is 0 Å². The van der Waals surface area contributed by atoms with Crippen LogP contribution in [0.25, 0.3) is 0 Å². The summed E-state index contributed by atoms with van der Waals surface area (Å²) in [6.45, 7) is 2.28. The second-order valence-electron chi connectivity index (χ2n) is 5.35. The smallest absolute Gasteiger partial charge is 0.255 e. The lowest BCUT2D eigenvalue weighted by Crippen LogP contribution is -2.40.